The first kappa shape index (κ1) is 16.5. The highest BCUT2D eigenvalue weighted by Crippen LogP contribution is 2.31. The highest BCUT2D eigenvalue weighted by Gasteiger charge is 2.16. The molecule has 7 heteroatoms. The number of aryl methyl sites for hydroxylation is 1. The van der Waals surface area contributed by atoms with E-state index in [0.717, 1.165) is 11.3 Å². The molecule has 0 bridgehead atoms. The summed E-state index contributed by atoms with van der Waals surface area (Å²) in [6, 6.07) is 9.60. The molecule has 0 aliphatic rings. The van der Waals surface area contributed by atoms with Crippen molar-refractivity contribution in [2.45, 2.75) is 13.0 Å². The van der Waals surface area contributed by atoms with Gasteiger partial charge in [-0.1, -0.05) is 0 Å². The smallest absolute Gasteiger partial charge is 0.166 e. The molecule has 25 heavy (non-hydrogen) atoms. The molecule has 0 aliphatic heterocycles. The zero-order valence-corrected chi connectivity index (χ0v) is 13.8. The van der Waals surface area contributed by atoms with Crippen LogP contribution in [0.2, 0.25) is 0 Å². The first-order chi connectivity index (χ1) is 12.0. The zero-order valence-electron chi connectivity index (χ0n) is 13.8. The summed E-state index contributed by atoms with van der Waals surface area (Å²) in [6.45, 7) is 1.73. The molecule has 3 aromatic rings. The predicted octanol–water partition coefficient (Wildman–Crippen LogP) is 3.22. The van der Waals surface area contributed by atoms with E-state index in [-0.39, 0.29) is 5.82 Å². The van der Waals surface area contributed by atoms with Gasteiger partial charge in [0.15, 0.2) is 11.6 Å². The van der Waals surface area contributed by atoms with Gasteiger partial charge >= 0.3 is 0 Å². The van der Waals surface area contributed by atoms with Crippen molar-refractivity contribution >= 4 is 5.82 Å². The Balaban J connectivity index is 1.94. The van der Waals surface area contributed by atoms with Crippen molar-refractivity contribution in [3.05, 3.63) is 59.7 Å². The summed E-state index contributed by atoms with van der Waals surface area (Å²) in [7, 11) is 1.82. The molecule has 2 heterocycles. The summed E-state index contributed by atoms with van der Waals surface area (Å²) in [5.74, 6) is 0.145. The Bertz CT molecular complexity index is 960. The van der Waals surface area contributed by atoms with E-state index in [1.807, 2.05) is 19.2 Å². The number of hydrogen-bond donors (Lipinski definition) is 1. The van der Waals surface area contributed by atoms with E-state index in [0.29, 0.717) is 16.9 Å². The summed E-state index contributed by atoms with van der Waals surface area (Å²) in [6.07, 6.45) is 2.74. The Morgan fingerprint density at radius 2 is 2.12 bits per heavy atom. The number of hydrogen-bond acceptors (Lipinski definition) is 5. The molecule has 0 radical (unpaired) electrons. The molecule has 6 nitrogen and oxygen atoms in total. The summed E-state index contributed by atoms with van der Waals surface area (Å²) >= 11 is 0. The maximum atomic E-state index is 13.5. The minimum atomic E-state index is -0.573. The van der Waals surface area contributed by atoms with E-state index in [1.54, 1.807) is 30.1 Å². The Hall–Kier alpha value is -3.40. The molecule has 0 aliphatic carbocycles. The van der Waals surface area contributed by atoms with Crippen LogP contribution in [0.1, 0.15) is 24.2 Å². The van der Waals surface area contributed by atoms with E-state index < -0.39 is 11.9 Å². The van der Waals surface area contributed by atoms with E-state index >= 15 is 0 Å². The van der Waals surface area contributed by atoms with E-state index in [1.165, 1.54) is 18.2 Å². The maximum Gasteiger partial charge on any atom is 0.166 e. The van der Waals surface area contributed by atoms with Gasteiger partial charge in [0.1, 0.15) is 11.9 Å². The van der Waals surface area contributed by atoms with Gasteiger partial charge in [0.05, 0.1) is 17.3 Å². The number of nitrogens with two attached hydrogens (primary N) is 1. The molecule has 1 atom stereocenters. The van der Waals surface area contributed by atoms with Crippen LogP contribution in [0.15, 0.2) is 42.7 Å². The van der Waals surface area contributed by atoms with Crippen LogP contribution in [-0.2, 0) is 7.05 Å². The third-order valence-electron chi connectivity index (χ3n) is 3.87. The third-order valence-corrected chi connectivity index (χ3v) is 3.87. The van der Waals surface area contributed by atoms with Gasteiger partial charge in [-0.05, 0) is 37.3 Å². The van der Waals surface area contributed by atoms with Crippen molar-refractivity contribution in [2.24, 2.45) is 7.05 Å². The van der Waals surface area contributed by atoms with Gasteiger partial charge in [0.2, 0.25) is 0 Å². The van der Waals surface area contributed by atoms with Crippen molar-refractivity contribution in [1.29, 1.82) is 5.26 Å². The molecule has 1 aromatic carbocycles. The quantitative estimate of drug-likeness (QED) is 0.789. The third kappa shape index (κ3) is 3.28. The number of anilines is 1. The van der Waals surface area contributed by atoms with Gasteiger partial charge in [0, 0.05) is 30.6 Å². The first-order valence-electron chi connectivity index (χ1n) is 7.59. The number of nitriles is 1. The summed E-state index contributed by atoms with van der Waals surface area (Å²) in [4.78, 5) is 4.16. The van der Waals surface area contributed by atoms with Crippen LogP contribution in [0.4, 0.5) is 10.2 Å². The SMILES string of the molecule is C[C@@H](Oc1cc(-c2ccnn2C)cnc1N)c1cc(F)ccc1C#N. The number of ether oxygens (including phenoxy) is 1. The van der Waals surface area contributed by atoms with Gasteiger partial charge in [-0.25, -0.2) is 9.37 Å². The lowest BCUT2D eigenvalue weighted by Crippen LogP contribution is -2.08. The van der Waals surface area contributed by atoms with Crippen LogP contribution in [0.25, 0.3) is 11.3 Å². The Morgan fingerprint density at radius 3 is 2.80 bits per heavy atom. The second-order valence-electron chi connectivity index (χ2n) is 5.55. The first-order valence-corrected chi connectivity index (χ1v) is 7.59. The number of pyridine rings is 1. The fraction of sp³-hybridized carbons (Fsp3) is 0.167. The topological polar surface area (TPSA) is 89.8 Å². The van der Waals surface area contributed by atoms with Crippen molar-refractivity contribution in [3.63, 3.8) is 0 Å². The van der Waals surface area contributed by atoms with Gasteiger partial charge in [0.25, 0.3) is 0 Å². The number of nitrogen functional groups attached to an aromatic ring is 1. The molecule has 0 saturated heterocycles. The number of rotatable bonds is 4. The lowest BCUT2D eigenvalue weighted by Gasteiger charge is -2.18. The zero-order chi connectivity index (χ0) is 18.0. The lowest BCUT2D eigenvalue weighted by molar-refractivity contribution is 0.227. The standard InChI is InChI=1S/C18H16FN5O/c1-11(15-8-14(19)4-3-12(15)9-20)25-17-7-13(10-22-18(17)21)16-5-6-23-24(16)2/h3-8,10-11H,1-2H3,(H2,21,22)/t11-/m1/s1. The molecule has 0 spiro atoms. The minimum absolute atomic E-state index is 0.215. The van der Waals surface area contributed by atoms with Crippen LogP contribution in [-0.4, -0.2) is 14.8 Å². The largest absolute Gasteiger partial charge is 0.482 e. The Kier molecular flexibility index (Phi) is 4.35. The fourth-order valence-corrected chi connectivity index (χ4v) is 2.57. The van der Waals surface area contributed by atoms with Crippen LogP contribution in [0.5, 0.6) is 5.75 Å². The number of benzene rings is 1. The number of halogens is 1. The summed E-state index contributed by atoms with van der Waals surface area (Å²) < 4.78 is 21.1. The summed E-state index contributed by atoms with van der Waals surface area (Å²) in [5, 5.41) is 13.3. The van der Waals surface area contributed by atoms with Crippen molar-refractivity contribution in [3.8, 4) is 23.1 Å². The Labute approximate surface area is 144 Å². The molecule has 126 valence electrons. The predicted molar refractivity (Wildman–Crippen MR) is 91.0 cm³/mol. The van der Waals surface area contributed by atoms with E-state index in [4.69, 9.17) is 10.5 Å². The van der Waals surface area contributed by atoms with Crippen LogP contribution < -0.4 is 10.5 Å². The molecule has 0 amide bonds. The average Bonchev–Trinajstić information content (AvgIpc) is 3.02. The van der Waals surface area contributed by atoms with Gasteiger partial charge in [-0.3, -0.25) is 4.68 Å². The van der Waals surface area contributed by atoms with Crippen molar-refractivity contribution in [1.82, 2.24) is 14.8 Å². The highest BCUT2D eigenvalue weighted by molar-refractivity contribution is 5.64. The van der Waals surface area contributed by atoms with Gasteiger partial charge in [-0.15, -0.1) is 0 Å². The maximum absolute atomic E-state index is 13.5. The molecular formula is C18H16FN5O. The average molecular weight is 337 g/mol. The van der Waals surface area contributed by atoms with Crippen molar-refractivity contribution in [2.75, 3.05) is 5.73 Å². The van der Waals surface area contributed by atoms with Crippen LogP contribution in [0, 0.1) is 17.1 Å². The minimum Gasteiger partial charge on any atom is -0.482 e. The molecule has 0 unspecified atom stereocenters. The van der Waals surface area contributed by atoms with Gasteiger partial charge < -0.3 is 10.5 Å². The molecule has 3 rings (SSSR count). The number of aromatic nitrogens is 3. The molecule has 2 aromatic heterocycles. The molecular weight excluding hydrogens is 321 g/mol. The Morgan fingerprint density at radius 1 is 1.32 bits per heavy atom. The molecule has 0 fully saturated rings. The van der Waals surface area contributed by atoms with Gasteiger partial charge in [-0.2, -0.15) is 10.4 Å². The fourth-order valence-electron chi connectivity index (χ4n) is 2.57. The van der Waals surface area contributed by atoms with E-state index in [2.05, 4.69) is 10.1 Å². The van der Waals surface area contributed by atoms with Crippen molar-refractivity contribution < 1.29 is 9.13 Å². The monoisotopic (exact) mass is 337 g/mol. The van der Waals surface area contributed by atoms with Crippen LogP contribution in [0.3, 0.4) is 0 Å². The normalized spacial score (nSPS) is 11.8. The van der Waals surface area contributed by atoms with Crippen LogP contribution >= 0.6 is 0 Å². The number of nitrogens with zero attached hydrogens (tertiary/aromatic N) is 4. The second-order valence-corrected chi connectivity index (χ2v) is 5.55. The van der Waals surface area contributed by atoms with E-state index in [9.17, 15) is 9.65 Å². The molecule has 2 N–H and O–H groups in total. The second kappa shape index (κ2) is 6.61. The summed E-state index contributed by atoms with van der Waals surface area (Å²) in [5.41, 5.74) is 8.36. The lowest BCUT2D eigenvalue weighted by atomic mass is 10.0. The highest BCUT2D eigenvalue weighted by atomic mass is 19.1. The molecule has 0 saturated carbocycles.